The molecule has 1 N–H and O–H groups in total. The lowest BCUT2D eigenvalue weighted by Crippen LogP contribution is -2.35. The number of carbonyl (C=O) groups is 1. The van der Waals surface area contributed by atoms with Gasteiger partial charge in [-0.3, -0.25) is 9.69 Å². The van der Waals surface area contributed by atoms with E-state index in [0.29, 0.717) is 19.3 Å². The molecule has 7 heteroatoms. The van der Waals surface area contributed by atoms with Crippen molar-refractivity contribution in [1.82, 2.24) is 14.7 Å². The highest BCUT2D eigenvalue weighted by Crippen LogP contribution is 2.27. The number of anilines is 1. The summed E-state index contributed by atoms with van der Waals surface area (Å²) in [4.78, 5) is 13.8. The average Bonchev–Trinajstić information content (AvgIpc) is 3.14. The Hall–Kier alpha value is -2.38. The van der Waals surface area contributed by atoms with E-state index in [-0.39, 0.29) is 5.91 Å². The van der Waals surface area contributed by atoms with Crippen molar-refractivity contribution < 1.29 is 14.3 Å². The minimum absolute atomic E-state index is 0.0680. The summed E-state index contributed by atoms with van der Waals surface area (Å²) in [5.74, 6) is 1.59. The lowest BCUT2D eigenvalue weighted by Gasteiger charge is -2.32. The smallest absolute Gasteiger partial charge is 0.222 e. The molecule has 28 heavy (non-hydrogen) atoms. The van der Waals surface area contributed by atoms with Crippen molar-refractivity contribution in [3.8, 4) is 5.75 Å². The van der Waals surface area contributed by atoms with Crippen LogP contribution in [0, 0.1) is 0 Å². The van der Waals surface area contributed by atoms with Gasteiger partial charge >= 0.3 is 0 Å². The predicted octanol–water partition coefficient (Wildman–Crippen LogP) is 3.22. The SMILES string of the molecule is CCOCc1cc(CN2CCC(n3nccc3NC(C)=O)CC2)ccc1OC. The number of hydrogen-bond acceptors (Lipinski definition) is 5. The minimum Gasteiger partial charge on any atom is -0.496 e. The van der Waals surface area contributed by atoms with Crippen molar-refractivity contribution in [3.05, 3.63) is 41.6 Å². The van der Waals surface area contributed by atoms with Crippen LogP contribution >= 0.6 is 0 Å². The van der Waals surface area contributed by atoms with E-state index in [1.807, 2.05) is 23.7 Å². The van der Waals surface area contributed by atoms with Crippen molar-refractivity contribution >= 4 is 11.7 Å². The van der Waals surface area contributed by atoms with Gasteiger partial charge in [-0.1, -0.05) is 6.07 Å². The van der Waals surface area contributed by atoms with Crippen LogP contribution in [0.15, 0.2) is 30.5 Å². The number of amides is 1. The Bertz CT molecular complexity index is 782. The highest BCUT2D eigenvalue weighted by atomic mass is 16.5. The second-order valence-corrected chi connectivity index (χ2v) is 7.13. The van der Waals surface area contributed by atoms with Gasteiger partial charge in [0.2, 0.25) is 5.91 Å². The normalized spacial score (nSPS) is 15.5. The summed E-state index contributed by atoms with van der Waals surface area (Å²) in [7, 11) is 1.69. The molecule has 0 spiro atoms. The highest BCUT2D eigenvalue weighted by molar-refractivity contribution is 5.87. The molecular weight excluding hydrogens is 356 g/mol. The molecule has 0 bridgehead atoms. The van der Waals surface area contributed by atoms with Gasteiger partial charge in [-0.2, -0.15) is 5.10 Å². The molecule has 0 unspecified atom stereocenters. The lowest BCUT2D eigenvalue weighted by atomic mass is 10.0. The quantitative estimate of drug-likeness (QED) is 0.754. The minimum atomic E-state index is -0.0680. The number of likely N-dealkylation sites (tertiary alicyclic amines) is 1. The zero-order valence-electron chi connectivity index (χ0n) is 17.0. The van der Waals surface area contributed by atoms with Gasteiger partial charge in [0.25, 0.3) is 0 Å². The summed E-state index contributed by atoms with van der Waals surface area (Å²) in [5.41, 5.74) is 2.36. The van der Waals surface area contributed by atoms with E-state index in [1.54, 1.807) is 13.3 Å². The summed E-state index contributed by atoms with van der Waals surface area (Å²) >= 11 is 0. The van der Waals surface area contributed by atoms with E-state index >= 15 is 0 Å². The van der Waals surface area contributed by atoms with Gasteiger partial charge < -0.3 is 14.8 Å². The molecular formula is C21H30N4O3. The van der Waals surface area contributed by atoms with Crippen molar-refractivity contribution in [3.63, 3.8) is 0 Å². The Morgan fingerprint density at radius 1 is 1.29 bits per heavy atom. The Kier molecular flexibility index (Phi) is 7.06. The molecule has 1 amide bonds. The van der Waals surface area contributed by atoms with E-state index in [4.69, 9.17) is 9.47 Å². The molecule has 0 saturated carbocycles. The molecule has 0 aliphatic carbocycles. The second kappa shape index (κ2) is 9.71. The first kappa shape index (κ1) is 20.4. The van der Waals surface area contributed by atoms with Crippen LogP contribution in [0.3, 0.4) is 0 Å². The number of nitrogens with one attached hydrogen (secondary N) is 1. The fraction of sp³-hybridized carbons (Fsp3) is 0.524. The summed E-state index contributed by atoms with van der Waals surface area (Å²) < 4.78 is 13.0. The average molecular weight is 386 g/mol. The fourth-order valence-electron chi connectivity index (χ4n) is 3.72. The third-order valence-corrected chi connectivity index (χ3v) is 5.09. The van der Waals surface area contributed by atoms with Crippen LogP contribution in [-0.2, 0) is 22.7 Å². The highest BCUT2D eigenvalue weighted by Gasteiger charge is 2.23. The molecule has 1 fully saturated rings. The Morgan fingerprint density at radius 3 is 2.75 bits per heavy atom. The fourth-order valence-corrected chi connectivity index (χ4v) is 3.72. The molecule has 3 rings (SSSR count). The van der Waals surface area contributed by atoms with Gasteiger partial charge in [0.05, 0.1) is 26.0 Å². The zero-order chi connectivity index (χ0) is 19.9. The molecule has 1 aromatic carbocycles. The number of piperidine rings is 1. The molecule has 1 aliphatic rings. The van der Waals surface area contributed by atoms with Crippen LogP contribution in [0.5, 0.6) is 5.75 Å². The number of ether oxygens (including phenoxy) is 2. The van der Waals surface area contributed by atoms with Crippen LogP contribution in [0.25, 0.3) is 0 Å². The van der Waals surface area contributed by atoms with E-state index in [2.05, 4.69) is 27.4 Å². The summed E-state index contributed by atoms with van der Waals surface area (Å²) in [6, 6.07) is 8.51. The number of rotatable bonds is 8. The van der Waals surface area contributed by atoms with Crippen LogP contribution in [-0.4, -0.2) is 47.4 Å². The van der Waals surface area contributed by atoms with E-state index in [9.17, 15) is 4.79 Å². The topological polar surface area (TPSA) is 68.6 Å². The molecule has 2 aromatic rings. The van der Waals surface area contributed by atoms with Crippen LogP contribution in [0.2, 0.25) is 0 Å². The summed E-state index contributed by atoms with van der Waals surface area (Å²) in [5, 5.41) is 7.28. The van der Waals surface area contributed by atoms with E-state index in [0.717, 1.165) is 49.6 Å². The monoisotopic (exact) mass is 386 g/mol. The van der Waals surface area contributed by atoms with Crippen molar-refractivity contribution in [2.45, 2.75) is 45.9 Å². The second-order valence-electron chi connectivity index (χ2n) is 7.13. The van der Waals surface area contributed by atoms with E-state index in [1.165, 1.54) is 12.5 Å². The van der Waals surface area contributed by atoms with Crippen molar-refractivity contribution in [1.29, 1.82) is 0 Å². The first-order valence-corrected chi connectivity index (χ1v) is 9.87. The standard InChI is InChI=1S/C21H30N4O3/c1-4-28-15-18-13-17(5-6-20(18)27-3)14-24-11-8-19(9-12-24)25-21(7-10-22-25)23-16(2)26/h5-7,10,13,19H,4,8-9,11-12,14-15H2,1-3H3,(H,23,26). The van der Waals surface area contributed by atoms with Gasteiger partial charge in [-0.05, 0) is 37.5 Å². The van der Waals surface area contributed by atoms with Gasteiger partial charge in [0.1, 0.15) is 11.6 Å². The Labute approximate surface area is 166 Å². The molecule has 7 nitrogen and oxygen atoms in total. The summed E-state index contributed by atoms with van der Waals surface area (Å²) in [6.45, 7) is 7.68. The number of carbonyl (C=O) groups excluding carboxylic acids is 1. The summed E-state index contributed by atoms with van der Waals surface area (Å²) in [6.07, 6.45) is 3.77. The van der Waals surface area contributed by atoms with Gasteiger partial charge in [0.15, 0.2) is 0 Å². The van der Waals surface area contributed by atoms with Gasteiger partial charge in [-0.25, -0.2) is 4.68 Å². The first-order valence-electron chi connectivity index (χ1n) is 9.87. The maximum atomic E-state index is 11.4. The van der Waals surface area contributed by atoms with Gasteiger partial charge in [0, 0.05) is 44.8 Å². The molecule has 0 atom stereocenters. The number of nitrogens with zero attached hydrogens (tertiary/aromatic N) is 3. The molecule has 1 aliphatic heterocycles. The third kappa shape index (κ3) is 5.11. The maximum absolute atomic E-state index is 11.4. The third-order valence-electron chi connectivity index (χ3n) is 5.09. The van der Waals surface area contributed by atoms with Gasteiger partial charge in [-0.15, -0.1) is 0 Å². The van der Waals surface area contributed by atoms with Crippen LogP contribution in [0.1, 0.15) is 43.9 Å². The maximum Gasteiger partial charge on any atom is 0.222 e. The number of methoxy groups -OCH3 is 1. The Morgan fingerprint density at radius 2 is 2.07 bits per heavy atom. The van der Waals surface area contributed by atoms with E-state index < -0.39 is 0 Å². The van der Waals surface area contributed by atoms with Crippen molar-refractivity contribution in [2.24, 2.45) is 0 Å². The number of aromatic nitrogens is 2. The van der Waals surface area contributed by atoms with Crippen molar-refractivity contribution in [2.75, 3.05) is 32.1 Å². The zero-order valence-corrected chi connectivity index (χ0v) is 17.0. The lowest BCUT2D eigenvalue weighted by molar-refractivity contribution is -0.114. The molecule has 1 aromatic heterocycles. The molecule has 1 saturated heterocycles. The largest absolute Gasteiger partial charge is 0.496 e. The first-order chi connectivity index (χ1) is 13.6. The molecule has 0 radical (unpaired) electrons. The van der Waals surface area contributed by atoms with Crippen LogP contribution < -0.4 is 10.1 Å². The van der Waals surface area contributed by atoms with Crippen LogP contribution in [0.4, 0.5) is 5.82 Å². The molecule has 152 valence electrons. The Balaban J connectivity index is 1.58. The number of hydrogen-bond donors (Lipinski definition) is 1. The predicted molar refractivity (Wildman–Crippen MR) is 108 cm³/mol. The molecule has 2 heterocycles. The number of benzene rings is 1.